The molecule has 31 heavy (non-hydrogen) atoms. The van der Waals surface area contributed by atoms with Crippen LogP contribution in [0.5, 0.6) is 0 Å². The van der Waals surface area contributed by atoms with Crippen LogP contribution < -0.4 is 15.7 Å². The fourth-order valence-electron chi connectivity index (χ4n) is 3.51. The van der Waals surface area contributed by atoms with E-state index in [4.69, 9.17) is 0 Å². The molecule has 0 saturated heterocycles. The zero-order valence-corrected chi connectivity index (χ0v) is 17.1. The summed E-state index contributed by atoms with van der Waals surface area (Å²) in [7, 11) is -3.53. The summed E-state index contributed by atoms with van der Waals surface area (Å²) in [4.78, 5) is 23.0. The molecule has 3 N–H and O–H groups in total. The highest BCUT2D eigenvalue weighted by atomic mass is 31.2. The highest BCUT2D eigenvalue weighted by Crippen LogP contribution is 2.45. The minimum absolute atomic E-state index is 0.150. The third-order valence-electron chi connectivity index (χ3n) is 4.94. The lowest BCUT2D eigenvalue weighted by atomic mass is 10.1. The Morgan fingerprint density at radius 1 is 0.710 bits per heavy atom. The zero-order chi connectivity index (χ0) is 22.0. The largest absolute Gasteiger partial charge is 0.478 e. The SMILES string of the molecule is O=C(O)c1cc(NP(=O)(c2ccccc2)c2cccc3ccccc23)cc(C(=O)O)c1. The first kappa shape index (κ1) is 20.4. The Bertz CT molecular complexity index is 1310. The number of anilines is 1. The molecule has 0 fully saturated rings. The number of fused-ring (bicyclic) bond motifs is 1. The molecular formula is C24H18NO5P. The van der Waals surface area contributed by atoms with E-state index >= 15 is 0 Å². The Morgan fingerprint density at radius 2 is 1.29 bits per heavy atom. The molecule has 0 aliphatic rings. The second-order valence-corrected chi connectivity index (χ2v) is 9.40. The van der Waals surface area contributed by atoms with Crippen LogP contribution in [0.4, 0.5) is 5.69 Å². The Labute approximate surface area is 178 Å². The Hall–Kier alpha value is -3.89. The van der Waals surface area contributed by atoms with Crippen molar-refractivity contribution in [2.45, 2.75) is 0 Å². The van der Waals surface area contributed by atoms with Crippen molar-refractivity contribution in [2.24, 2.45) is 0 Å². The van der Waals surface area contributed by atoms with Crippen LogP contribution in [-0.2, 0) is 4.57 Å². The number of carboxylic acid groups (broad SMARTS) is 2. The average Bonchev–Trinajstić information content (AvgIpc) is 2.79. The third-order valence-corrected chi connectivity index (χ3v) is 7.61. The summed E-state index contributed by atoms with van der Waals surface area (Å²) in [5.74, 6) is -2.54. The van der Waals surface area contributed by atoms with Crippen molar-refractivity contribution in [3.63, 3.8) is 0 Å². The van der Waals surface area contributed by atoms with Crippen LogP contribution in [0.3, 0.4) is 0 Å². The molecule has 154 valence electrons. The summed E-state index contributed by atoms with van der Waals surface area (Å²) < 4.78 is 14.6. The van der Waals surface area contributed by atoms with Gasteiger partial charge in [-0.2, -0.15) is 0 Å². The molecule has 0 amide bonds. The molecule has 0 bridgehead atoms. The summed E-state index contributed by atoms with van der Waals surface area (Å²) in [5.41, 5.74) is -0.266. The van der Waals surface area contributed by atoms with Gasteiger partial charge in [0.15, 0.2) is 0 Å². The molecule has 4 rings (SSSR count). The second kappa shape index (κ2) is 8.09. The number of benzene rings is 4. The van der Waals surface area contributed by atoms with Crippen molar-refractivity contribution in [3.8, 4) is 0 Å². The highest BCUT2D eigenvalue weighted by molar-refractivity contribution is 7.80. The average molecular weight is 431 g/mol. The van der Waals surface area contributed by atoms with Gasteiger partial charge in [-0.05, 0) is 47.2 Å². The van der Waals surface area contributed by atoms with Gasteiger partial charge in [-0.25, -0.2) is 9.59 Å². The molecule has 4 aromatic rings. The third kappa shape index (κ3) is 3.93. The van der Waals surface area contributed by atoms with E-state index in [-0.39, 0.29) is 16.8 Å². The van der Waals surface area contributed by atoms with Crippen LogP contribution in [0.25, 0.3) is 10.8 Å². The van der Waals surface area contributed by atoms with Crippen LogP contribution in [0, 0.1) is 0 Å². The summed E-state index contributed by atoms with van der Waals surface area (Å²) in [5, 5.41) is 24.6. The first-order valence-corrected chi connectivity index (χ1v) is 11.1. The van der Waals surface area contributed by atoms with E-state index < -0.39 is 19.2 Å². The molecule has 1 atom stereocenters. The fourth-order valence-corrected chi connectivity index (χ4v) is 5.96. The van der Waals surface area contributed by atoms with Gasteiger partial charge in [0.1, 0.15) is 0 Å². The minimum Gasteiger partial charge on any atom is -0.478 e. The molecule has 0 radical (unpaired) electrons. The Morgan fingerprint density at radius 3 is 1.94 bits per heavy atom. The quantitative estimate of drug-likeness (QED) is 0.386. The smallest absolute Gasteiger partial charge is 0.335 e. The van der Waals surface area contributed by atoms with Gasteiger partial charge in [0.25, 0.3) is 0 Å². The normalized spacial score (nSPS) is 12.8. The first-order valence-electron chi connectivity index (χ1n) is 9.42. The van der Waals surface area contributed by atoms with Gasteiger partial charge in [0.2, 0.25) is 7.29 Å². The summed E-state index contributed by atoms with van der Waals surface area (Å²) in [6.07, 6.45) is 0. The second-order valence-electron chi connectivity index (χ2n) is 6.96. The van der Waals surface area contributed by atoms with Gasteiger partial charge in [0.05, 0.1) is 11.1 Å². The maximum atomic E-state index is 14.6. The molecule has 6 nitrogen and oxygen atoms in total. The number of rotatable bonds is 6. The van der Waals surface area contributed by atoms with E-state index in [0.717, 1.165) is 16.8 Å². The maximum absolute atomic E-state index is 14.6. The molecule has 0 spiro atoms. The number of hydrogen-bond donors (Lipinski definition) is 3. The van der Waals surface area contributed by atoms with Gasteiger partial charge in [-0.3, -0.25) is 4.57 Å². The molecule has 0 aliphatic carbocycles. The lowest BCUT2D eigenvalue weighted by molar-refractivity contribution is 0.0696. The Kier molecular flexibility index (Phi) is 5.32. The number of aromatic carboxylic acids is 2. The zero-order valence-electron chi connectivity index (χ0n) is 16.2. The molecule has 7 heteroatoms. The highest BCUT2D eigenvalue weighted by Gasteiger charge is 2.30. The van der Waals surface area contributed by atoms with Crippen molar-refractivity contribution in [1.29, 1.82) is 0 Å². The summed E-state index contributed by atoms with van der Waals surface area (Å²) >= 11 is 0. The van der Waals surface area contributed by atoms with Crippen LogP contribution in [-0.4, -0.2) is 22.2 Å². The van der Waals surface area contributed by atoms with Crippen LogP contribution in [0.1, 0.15) is 20.7 Å². The lowest BCUT2D eigenvalue weighted by Gasteiger charge is -2.23. The van der Waals surface area contributed by atoms with Gasteiger partial charge in [0, 0.05) is 16.3 Å². The van der Waals surface area contributed by atoms with Crippen molar-refractivity contribution in [1.82, 2.24) is 0 Å². The van der Waals surface area contributed by atoms with E-state index in [9.17, 15) is 24.4 Å². The fraction of sp³-hybridized carbons (Fsp3) is 0. The van der Waals surface area contributed by atoms with Crippen molar-refractivity contribution in [2.75, 3.05) is 5.09 Å². The number of hydrogen-bond acceptors (Lipinski definition) is 3. The molecular weight excluding hydrogens is 413 g/mol. The van der Waals surface area contributed by atoms with E-state index in [0.29, 0.717) is 10.6 Å². The number of carboxylic acids is 2. The minimum atomic E-state index is -3.53. The molecule has 0 aromatic heterocycles. The van der Waals surface area contributed by atoms with Crippen molar-refractivity contribution < 1.29 is 24.4 Å². The lowest BCUT2D eigenvalue weighted by Crippen LogP contribution is -2.22. The monoisotopic (exact) mass is 431 g/mol. The first-order chi connectivity index (χ1) is 14.9. The molecule has 0 heterocycles. The predicted octanol–water partition coefficient (Wildman–Crippen LogP) is 4.58. The maximum Gasteiger partial charge on any atom is 0.335 e. The van der Waals surface area contributed by atoms with Crippen LogP contribution >= 0.6 is 7.29 Å². The van der Waals surface area contributed by atoms with Gasteiger partial charge in [-0.1, -0.05) is 54.6 Å². The van der Waals surface area contributed by atoms with Crippen molar-refractivity contribution >= 4 is 46.3 Å². The van der Waals surface area contributed by atoms with E-state index in [1.165, 1.54) is 12.1 Å². The number of nitrogens with one attached hydrogen (secondary N) is 1. The number of carbonyl (C=O) groups is 2. The Balaban J connectivity index is 1.95. The van der Waals surface area contributed by atoms with Gasteiger partial charge in [-0.15, -0.1) is 0 Å². The molecule has 0 saturated carbocycles. The van der Waals surface area contributed by atoms with Crippen molar-refractivity contribution in [3.05, 3.63) is 102 Å². The van der Waals surface area contributed by atoms with Gasteiger partial charge >= 0.3 is 11.9 Å². The van der Waals surface area contributed by atoms with E-state index in [2.05, 4.69) is 5.09 Å². The van der Waals surface area contributed by atoms with Crippen LogP contribution in [0.15, 0.2) is 91.0 Å². The standard InChI is InChI=1S/C24H18NO5P/c26-23(27)17-13-18(24(28)29)15-19(14-17)25-31(30,20-9-2-1-3-10-20)22-12-6-8-16-7-4-5-11-21(16)22/h1-15H,(H,25,30)(H,26,27)(H,28,29). The molecule has 4 aromatic carbocycles. The topological polar surface area (TPSA) is 104 Å². The summed E-state index contributed by atoms with van der Waals surface area (Å²) in [6.45, 7) is 0. The molecule has 1 unspecified atom stereocenters. The van der Waals surface area contributed by atoms with Gasteiger partial charge < -0.3 is 15.3 Å². The molecule has 0 aliphatic heterocycles. The van der Waals surface area contributed by atoms with E-state index in [1.807, 2.05) is 42.5 Å². The predicted molar refractivity (Wildman–Crippen MR) is 121 cm³/mol. The van der Waals surface area contributed by atoms with Crippen LogP contribution in [0.2, 0.25) is 0 Å². The van der Waals surface area contributed by atoms with E-state index in [1.54, 1.807) is 30.3 Å². The summed E-state index contributed by atoms with van der Waals surface area (Å²) in [6, 6.07) is 25.5.